The fourth-order valence-electron chi connectivity index (χ4n) is 4.39. The van der Waals surface area contributed by atoms with Crippen molar-refractivity contribution in [3.05, 3.63) is 78.3 Å². The molecule has 2 aliphatic heterocycles. The molecule has 2 aromatic carbocycles. The van der Waals surface area contributed by atoms with E-state index in [-0.39, 0.29) is 44.4 Å². The zero-order chi connectivity index (χ0) is 25.5. The number of hydrogen-bond donors (Lipinski definition) is 0. The highest BCUT2D eigenvalue weighted by Gasteiger charge is 2.27. The molecule has 1 fully saturated rings. The number of benzene rings is 2. The monoisotopic (exact) mass is 506 g/mol. The van der Waals surface area contributed by atoms with Gasteiger partial charge in [0.2, 0.25) is 12.7 Å². The average molecular weight is 507 g/mol. The Bertz CT molecular complexity index is 1180. The van der Waals surface area contributed by atoms with Gasteiger partial charge in [0.25, 0.3) is 5.91 Å². The summed E-state index contributed by atoms with van der Waals surface area (Å²) in [5.74, 6) is 2.10. The second-order valence-electron chi connectivity index (χ2n) is 9.03. The van der Waals surface area contributed by atoms with Crippen LogP contribution < -0.4 is 14.2 Å². The Hall–Kier alpha value is -3.98. The van der Waals surface area contributed by atoms with Gasteiger partial charge in [-0.1, -0.05) is 24.3 Å². The Morgan fingerprint density at radius 1 is 0.919 bits per heavy atom. The lowest BCUT2D eigenvalue weighted by atomic mass is 10.1. The lowest BCUT2D eigenvalue weighted by Crippen LogP contribution is -2.46. The number of hydrogen-bond acceptors (Lipinski definition) is 7. The van der Waals surface area contributed by atoms with Crippen molar-refractivity contribution in [2.45, 2.75) is 32.0 Å². The lowest BCUT2D eigenvalue weighted by molar-refractivity contribution is -0.143. The molecule has 2 aliphatic rings. The molecule has 1 unspecified atom stereocenters. The number of fused-ring (bicyclic) bond motifs is 1. The van der Waals surface area contributed by atoms with E-state index < -0.39 is 0 Å². The van der Waals surface area contributed by atoms with E-state index in [1.807, 2.05) is 42.5 Å². The molecule has 3 heterocycles. The topological polar surface area (TPSA) is 90.7 Å². The lowest BCUT2D eigenvalue weighted by Gasteiger charge is -2.29. The van der Waals surface area contributed by atoms with Gasteiger partial charge in [-0.25, -0.2) is 0 Å². The van der Waals surface area contributed by atoms with Crippen molar-refractivity contribution in [1.82, 2.24) is 9.80 Å². The highest BCUT2D eigenvalue weighted by Crippen LogP contribution is 2.33. The van der Waals surface area contributed by atoms with Gasteiger partial charge in [-0.3, -0.25) is 9.59 Å². The summed E-state index contributed by atoms with van der Waals surface area (Å²) in [6.07, 6.45) is 3.27. The largest absolute Gasteiger partial charge is 0.484 e. The smallest absolute Gasteiger partial charge is 0.261 e. The van der Waals surface area contributed by atoms with Crippen LogP contribution in [0.1, 0.15) is 24.2 Å². The van der Waals surface area contributed by atoms with Gasteiger partial charge in [-0.2, -0.15) is 0 Å². The van der Waals surface area contributed by atoms with Crippen LogP contribution in [-0.4, -0.2) is 60.8 Å². The quantitative estimate of drug-likeness (QED) is 0.392. The van der Waals surface area contributed by atoms with Crippen molar-refractivity contribution in [1.29, 1.82) is 0 Å². The maximum absolute atomic E-state index is 13.6. The third-order valence-corrected chi connectivity index (χ3v) is 6.32. The first-order chi connectivity index (χ1) is 18.1. The first kappa shape index (κ1) is 24.7. The van der Waals surface area contributed by atoms with Crippen LogP contribution in [0.5, 0.6) is 17.2 Å². The summed E-state index contributed by atoms with van der Waals surface area (Å²) in [7, 11) is 0. The number of para-hydroxylation sites is 1. The Morgan fingerprint density at radius 2 is 1.78 bits per heavy atom. The molecule has 1 atom stereocenters. The van der Waals surface area contributed by atoms with E-state index in [9.17, 15) is 9.59 Å². The van der Waals surface area contributed by atoms with Crippen LogP contribution in [0.3, 0.4) is 0 Å². The second kappa shape index (κ2) is 11.8. The van der Waals surface area contributed by atoms with E-state index in [4.69, 9.17) is 23.4 Å². The van der Waals surface area contributed by atoms with Crippen LogP contribution >= 0.6 is 0 Å². The third-order valence-electron chi connectivity index (χ3n) is 6.32. The van der Waals surface area contributed by atoms with Crippen molar-refractivity contribution in [3.8, 4) is 17.2 Å². The van der Waals surface area contributed by atoms with E-state index in [0.717, 1.165) is 18.4 Å². The van der Waals surface area contributed by atoms with Crippen molar-refractivity contribution >= 4 is 11.8 Å². The summed E-state index contributed by atoms with van der Waals surface area (Å²) in [6.45, 7) is 1.50. The van der Waals surface area contributed by atoms with Crippen molar-refractivity contribution in [2.24, 2.45) is 0 Å². The number of ether oxygens (including phenoxy) is 4. The minimum absolute atomic E-state index is 0.0951. The normalized spacial score (nSPS) is 15.9. The fraction of sp³-hybridized carbons (Fsp3) is 0.357. The molecule has 0 saturated carbocycles. The van der Waals surface area contributed by atoms with Crippen LogP contribution in [0.15, 0.2) is 71.3 Å². The van der Waals surface area contributed by atoms with Crippen LogP contribution in [0.25, 0.3) is 0 Å². The molecule has 194 valence electrons. The molecular formula is C28H30N2O7. The van der Waals surface area contributed by atoms with E-state index in [1.54, 1.807) is 29.4 Å². The van der Waals surface area contributed by atoms with E-state index in [1.165, 1.54) is 4.90 Å². The third kappa shape index (κ3) is 6.62. The van der Waals surface area contributed by atoms with Crippen molar-refractivity contribution in [2.75, 3.05) is 33.1 Å². The van der Waals surface area contributed by atoms with Gasteiger partial charge in [-0.15, -0.1) is 0 Å². The van der Waals surface area contributed by atoms with Gasteiger partial charge in [0.1, 0.15) is 11.5 Å². The predicted octanol–water partition coefficient (Wildman–Crippen LogP) is 3.62. The molecule has 9 nitrogen and oxygen atoms in total. The highest BCUT2D eigenvalue weighted by molar-refractivity contribution is 5.85. The number of carbonyl (C=O) groups excluding carboxylic acids is 2. The molecular weight excluding hydrogens is 476 g/mol. The average Bonchev–Trinajstić information content (AvgIpc) is 3.70. The van der Waals surface area contributed by atoms with Gasteiger partial charge in [0.05, 0.1) is 25.5 Å². The van der Waals surface area contributed by atoms with Crippen LogP contribution in [0.4, 0.5) is 0 Å². The molecule has 0 aliphatic carbocycles. The number of nitrogens with zero attached hydrogens (tertiary/aromatic N) is 2. The summed E-state index contributed by atoms with van der Waals surface area (Å²) < 4.78 is 27.9. The first-order valence-corrected chi connectivity index (χ1v) is 12.4. The summed E-state index contributed by atoms with van der Waals surface area (Å²) in [5.41, 5.74) is 0.883. The van der Waals surface area contributed by atoms with Gasteiger partial charge in [0, 0.05) is 19.7 Å². The van der Waals surface area contributed by atoms with Gasteiger partial charge in [-0.05, 0) is 54.8 Å². The molecule has 1 aromatic heterocycles. The van der Waals surface area contributed by atoms with Crippen molar-refractivity contribution < 1.29 is 33.0 Å². The molecule has 0 spiro atoms. The van der Waals surface area contributed by atoms with Crippen molar-refractivity contribution in [3.63, 3.8) is 0 Å². The van der Waals surface area contributed by atoms with E-state index in [2.05, 4.69) is 0 Å². The van der Waals surface area contributed by atoms with Crippen LogP contribution in [0.2, 0.25) is 0 Å². The summed E-state index contributed by atoms with van der Waals surface area (Å²) in [5, 5.41) is 0. The maximum Gasteiger partial charge on any atom is 0.261 e. The fourth-order valence-corrected chi connectivity index (χ4v) is 4.39. The Morgan fingerprint density at radius 3 is 2.57 bits per heavy atom. The Kier molecular flexibility index (Phi) is 7.90. The number of carbonyl (C=O) groups is 2. The predicted molar refractivity (Wildman–Crippen MR) is 133 cm³/mol. The minimum Gasteiger partial charge on any atom is -0.484 e. The zero-order valence-corrected chi connectivity index (χ0v) is 20.5. The Balaban J connectivity index is 1.30. The molecule has 2 amide bonds. The molecule has 1 saturated heterocycles. The summed E-state index contributed by atoms with van der Waals surface area (Å²) in [4.78, 5) is 30.0. The summed E-state index contributed by atoms with van der Waals surface area (Å²) in [6, 6.07) is 18.4. The SMILES string of the molecule is O=C(CN(CC1CCCO1)C(=O)COc1ccccc1)N(Cc1ccc2c(c1)OCO2)Cc1ccco1. The molecule has 37 heavy (non-hydrogen) atoms. The van der Waals surface area contributed by atoms with Crippen LogP contribution in [0, 0.1) is 0 Å². The first-order valence-electron chi connectivity index (χ1n) is 12.4. The maximum atomic E-state index is 13.6. The van der Waals surface area contributed by atoms with Gasteiger partial charge < -0.3 is 33.2 Å². The van der Waals surface area contributed by atoms with Gasteiger partial charge >= 0.3 is 0 Å². The van der Waals surface area contributed by atoms with Gasteiger partial charge in [0.15, 0.2) is 18.1 Å². The van der Waals surface area contributed by atoms with E-state index >= 15 is 0 Å². The minimum atomic E-state index is -0.270. The molecule has 5 rings (SSSR count). The number of furan rings is 1. The zero-order valence-electron chi connectivity index (χ0n) is 20.5. The second-order valence-corrected chi connectivity index (χ2v) is 9.03. The standard InChI is InChI=1S/C28H30N2O7/c31-27(18-30(17-24-9-5-13-34-24)28(32)19-35-22-6-2-1-3-7-22)29(16-23-8-4-12-33-23)15-21-10-11-25-26(14-21)37-20-36-25/h1-4,6-8,10-12,14,24H,5,9,13,15-20H2. The molecule has 0 bridgehead atoms. The molecule has 3 aromatic rings. The highest BCUT2D eigenvalue weighted by atomic mass is 16.7. The van der Waals surface area contributed by atoms with Crippen LogP contribution in [-0.2, 0) is 27.4 Å². The molecule has 9 heteroatoms. The molecule has 0 N–H and O–H groups in total. The summed E-state index contributed by atoms with van der Waals surface area (Å²) >= 11 is 0. The molecule has 0 radical (unpaired) electrons. The number of rotatable bonds is 11. The Labute approximate surface area is 215 Å². The number of amides is 2. The van der Waals surface area contributed by atoms with E-state index in [0.29, 0.717) is 42.7 Å².